The van der Waals surface area contributed by atoms with Crippen LogP contribution in [-0.4, -0.2) is 81.2 Å². The summed E-state index contributed by atoms with van der Waals surface area (Å²) in [5, 5.41) is 14.4. The van der Waals surface area contributed by atoms with E-state index in [1.165, 1.54) is 16.9 Å². The molecule has 2 fully saturated rings. The number of fused-ring (bicyclic) bond motifs is 1. The number of alkyl halides is 3. The van der Waals surface area contributed by atoms with Gasteiger partial charge < -0.3 is 14.6 Å². The molecule has 15 heteroatoms. The first-order valence-corrected chi connectivity index (χ1v) is 12.9. The van der Waals surface area contributed by atoms with Crippen LogP contribution in [0.3, 0.4) is 0 Å². The second-order valence-electron chi connectivity index (χ2n) is 9.57. The molecule has 0 aromatic carbocycles. The van der Waals surface area contributed by atoms with Crippen molar-refractivity contribution in [3.63, 3.8) is 0 Å². The van der Waals surface area contributed by atoms with E-state index in [0.717, 1.165) is 0 Å². The molecule has 36 heavy (non-hydrogen) atoms. The maximum atomic E-state index is 13.8. The number of aromatic amines is 1. The van der Waals surface area contributed by atoms with Gasteiger partial charge in [-0.3, -0.25) is 10.00 Å². The largest absolute Gasteiger partial charge is 0.475 e. The van der Waals surface area contributed by atoms with Gasteiger partial charge in [-0.05, 0) is 25.2 Å². The van der Waals surface area contributed by atoms with Crippen molar-refractivity contribution in [2.75, 3.05) is 30.9 Å². The number of halogens is 3. The van der Waals surface area contributed by atoms with Crippen molar-refractivity contribution in [1.29, 1.82) is 0 Å². The van der Waals surface area contributed by atoms with Crippen molar-refractivity contribution in [2.24, 2.45) is 11.3 Å². The minimum absolute atomic E-state index is 0.0138. The Kier molecular flexibility index (Phi) is 6.63. The fourth-order valence-corrected chi connectivity index (χ4v) is 5.36. The van der Waals surface area contributed by atoms with E-state index in [4.69, 9.17) is 9.29 Å². The van der Waals surface area contributed by atoms with Crippen LogP contribution in [0.1, 0.15) is 32.6 Å². The van der Waals surface area contributed by atoms with E-state index in [0.29, 0.717) is 48.8 Å². The van der Waals surface area contributed by atoms with E-state index in [1.54, 1.807) is 6.20 Å². The van der Waals surface area contributed by atoms with Crippen molar-refractivity contribution in [1.82, 2.24) is 34.7 Å². The molecule has 3 N–H and O–H groups in total. The van der Waals surface area contributed by atoms with Gasteiger partial charge in [-0.15, -0.1) is 5.10 Å². The van der Waals surface area contributed by atoms with Crippen molar-refractivity contribution < 1.29 is 26.7 Å². The first-order valence-electron chi connectivity index (χ1n) is 11.7. The normalized spacial score (nSPS) is 23.4. The third-order valence-corrected chi connectivity index (χ3v) is 7.69. The van der Waals surface area contributed by atoms with Gasteiger partial charge in [0.05, 0.1) is 12.4 Å². The summed E-state index contributed by atoms with van der Waals surface area (Å²) in [6, 6.07) is 0.0138. The standard InChI is InChI=1S/C21H27F3N8O3S/c1-13-10-31(12-36(33)34)6-3-15(13)28-19-29-16-9-25-17(14-7-26-27-8-14)18(32(16)30-19)35-11-20(4-2-5-20)21(22,23)24/h7-9,13,15H,2-6,10-12H2,1H3,(H,26,27)(H,28,30)(H,33,34)/t13-,15+/m1/s1. The number of H-pyrrole nitrogens is 1. The van der Waals surface area contributed by atoms with Crippen LogP contribution >= 0.6 is 0 Å². The summed E-state index contributed by atoms with van der Waals surface area (Å²) >= 11 is -1.89. The zero-order valence-corrected chi connectivity index (χ0v) is 20.3. The molecule has 196 valence electrons. The van der Waals surface area contributed by atoms with E-state index < -0.39 is 29.3 Å². The van der Waals surface area contributed by atoms with Gasteiger partial charge in [-0.25, -0.2) is 9.19 Å². The highest BCUT2D eigenvalue weighted by Crippen LogP contribution is 2.53. The summed E-state index contributed by atoms with van der Waals surface area (Å²) in [4.78, 5) is 10.8. The summed E-state index contributed by atoms with van der Waals surface area (Å²) in [7, 11) is 0. The summed E-state index contributed by atoms with van der Waals surface area (Å²) in [5.41, 5.74) is -0.696. The molecule has 1 unspecified atom stereocenters. The van der Waals surface area contributed by atoms with Gasteiger partial charge in [0.15, 0.2) is 16.7 Å². The number of hydrogen-bond donors (Lipinski definition) is 3. The molecular weight excluding hydrogens is 501 g/mol. The lowest BCUT2D eigenvalue weighted by Crippen LogP contribution is -2.48. The fraction of sp³-hybridized carbons (Fsp3) is 0.619. The molecule has 3 aromatic rings. The second-order valence-corrected chi connectivity index (χ2v) is 10.5. The van der Waals surface area contributed by atoms with Crippen LogP contribution in [0.25, 0.3) is 16.9 Å². The Balaban J connectivity index is 1.41. The number of likely N-dealkylation sites (tertiary alicyclic amines) is 1. The van der Waals surface area contributed by atoms with Crippen LogP contribution in [0.2, 0.25) is 0 Å². The van der Waals surface area contributed by atoms with Gasteiger partial charge in [0.2, 0.25) is 11.8 Å². The Morgan fingerprint density at radius 2 is 2.17 bits per heavy atom. The third kappa shape index (κ3) is 4.78. The van der Waals surface area contributed by atoms with Crippen LogP contribution in [0.4, 0.5) is 19.1 Å². The average molecular weight is 529 g/mol. The molecule has 0 amide bonds. The topological polar surface area (TPSA) is 134 Å². The Labute approximate surface area is 207 Å². The summed E-state index contributed by atoms with van der Waals surface area (Å²) in [6.07, 6.45) is 1.46. The maximum absolute atomic E-state index is 13.8. The van der Waals surface area contributed by atoms with Gasteiger partial charge in [0.25, 0.3) is 0 Å². The highest BCUT2D eigenvalue weighted by molar-refractivity contribution is 7.79. The quantitative estimate of drug-likeness (QED) is 0.377. The van der Waals surface area contributed by atoms with Crippen molar-refractivity contribution >= 4 is 22.7 Å². The molecule has 4 heterocycles. The van der Waals surface area contributed by atoms with E-state index in [2.05, 4.69) is 30.6 Å². The third-order valence-electron chi connectivity index (χ3n) is 7.10. The molecule has 1 aliphatic heterocycles. The van der Waals surface area contributed by atoms with Gasteiger partial charge >= 0.3 is 6.18 Å². The zero-order chi connectivity index (χ0) is 25.5. The number of aromatic nitrogens is 6. The van der Waals surface area contributed by atoms with Crippen molar-refractivity contribution in [3.8, 4) is 17.1 Å². The predicted octanol–water partition coefficient (Wildman–Crippen LogP) is 2.93. The number of nitrogens with zero attached hydrogens (tertiary/aromatic N) is 6. The minimum atomic E-state index is -4.37. The molecular formula is C21H27F3N8O3S. The van der Waals surface area contributed by atoms with Crippen LogP contribution in [0.15, 0.2) is 18.6 Å². The van der Waals surface area contributed by atoms with Crippen LogP contribution in [-0.2, 0) is 11.1 Å². The van der Waals surface area contributed by atoms with E-state index >= 15 is 0 Å². The molecule has 11 nitrogen and oxygen atoms in total. The smallest absolute Gasteiger partial charge is 0.397 e. The summed E-state index contributed by atoms with van der Waals surface area (Å²) < 4.78 is 68.8. The first-order chi connectivity index (χ1) is 17.1. The highest BCUT2D eigenvalue weighted by atomic mass is 32.2. The van der Waals surface area contributed by atoms with E-state index in [9.17, 15) is 17.4 Å². The summed E-state index contributed by atoms with van der Waals surface area (Å²) in [5.74, 6) is 0.621. The lowest BCUT2D eigenvalue weighted by molar-refractivity contribution is -0.259. The molecule has 3 atom stereocenters. The van der Waals surface area contributed by atoms with E-state index in [1.807, 2.05) is 11.8 Å². The van der Waals surface area contributed by atoms with Gasteiger partial charge in [0.1, 0.15) is 23.6 Å². The van der Waals surface area contributed by atoms with Crippen LogP contribution in [0, 0.1) is 11.3 Å². The lowest BCUT2D eigenvalue weighted by Gasteiger charge is -2.42. The number of rotatable bonds is 8. The molecule has 5 rings (SSSR count). The molecule has 1 saturated carbocycles. The van der Waals surface area contributed by atoms with Gasteiger partial charge in [-0.2, -0.15) is 27.8 Å². The molecule has 0 radical (unpaired) electrons. The van der Waals surface area contributed by atoms with Crippen LogP contribution in [0.5, 0.6) is 5.88 Å². The Morgan fingerprint density at radius 1 is 1.36 bits per heavy atom. The molecule has 0 spiro atoms. The zero-order valence-electron chi connectivity index (χ0n) is 19.5. The highest BCUT2D eigenvalue weighted by Gasteiger charge is 2.59. The van der Waals surface area contributed by atoms with Crippen molar-refractivity contribution in [3.05, 3.63) is 18.6 Å². The Bertz CT molecular complexity index is 1230. The second kappa shape index (κ2) is 9.59. The molecule has 1 aliphatic carbocycles. The summed E-state index contributed by atoms with van der Waals surface area (Å²) in [6.45, 7) is 2.77. The van der Waals surface area contributed by atoms with Gasteiger partial charge in [0, 0.05) is 30.9 Å². The Hall–Kier alpha value is -2.78. The number of nitrogens with one attached hydrogen (secondary N) is 2. The van der Waals surface area contributed by atoms with E-state index in [-0.39, 0.29) is 36.6 Å². The van der Waals surface area contributed by atoms with Gasteiger partial charge in [-0.1, -0.05) is 13.3 Å². The Morgan fingerprint density at radius 3 is 2.78 bits per heavy atom. The number of anilines is 1. The monoisotopic (exact) mass is 528 g/mol. The number of piperidine rings is 1. The predicted molar refractivity (Wildman–Crippen MR) is 125 cm³/mol. The lowest BCUT2D eigenvalue weighted by atomic mass is 9.69. The molecule has 3 aromatic heterocycles. The molecule has 0 bridgehead atoms. The SMILES string of the molecule is C[C@@H]1CN(CS(=O)O)CC[C@@H]1Nc1nc2cnc(-c3cn[nH]c3)c(OCC3(C(F)(F)F)CCC3)n2n1. The maximum Gasteiger partial charge on any atom is 0.397 e. The molecule has 2 aliphatic rings. The average Bonchev–Trinajstić information content (AvgIpc) is 3.43. The molecule has 1 saturated heterocycles. The first kappa shape index (κ1) is 24.9. The number of ether oxygens (including phenoxy) is 1. The van der Waals surface area contributed by atoms with Crippen LogP contribution < -0.4 is 10.1 Å². The minimum Gasteiger partial charge on any atom is -0.475 e. The number of hydrogen-bond acceptors (Lipinski definition) is 8. The fourth-order valence-electron chi connectivity index (χ4n) is 4.81. The van der Waals surface area contributed by atoms with Crippen molar-refractivity contribution in [2.45, 2.75) is 44.8 Å².